The number of ether oxygens (including phenoxy) is 1. The molecule has 3 aromatic rings. The van der Waals surface area contributed by atoms with Crippen molar-refractivity contribution in [2.45, 2.75) is 39.1 Å². The fourth-order valence-electron chi connectivity index (χ4n) is 2.87. The first kappa shape index (κ1) is 22.9. The van der Waals surface area contributed by atoms with Crippen LogP contribution in [0.25, 0.3) is 0 Å². The quantitative estimate of drug-likeness (QED) is 0.347. The normalized spacial score (nSPS) is 10.7. The number of hydrogen-bond donors (Lipinski definition) is 1. The van der Waals surface area contributed by atoms with E-state index in [1.54, 1.807) is 12.1 Å². The Morgan fingerprint density at radius 3 is 2.77 bits per heavy atom. The number of amides is 1. The van der Waals surface area contributed by atoms with Gasteiger partial charge in [-0.3, -0.25) is 9.36 Å². The van der Waals surface area contributed by atoms with Crippen molar-refractivity contribution in [1.82, 2.24) is 14.8 Å². The molecule has 0 saturated heterocycles. The van der Waals surface area contributed by atoms with Crippen LogP contribution in [-0.4, -0.2) is 26.4 Å². The van der Waals surface area contributed by atoms with Crippen molar-refractivity contribution in [3.05, 3.63) is 76.6 Å². The first-order valence-corrected chi connectivity index (χ1v) is 11.2. The van der Waals surface area contributed by atoms with E-state index in [9.17, 15) is 4.79 Å². The highest BCUT2D eigenvalue weighted by Crippen LogP contribution is 2.24. The minimum absolute atomic E-state index is 0.147. The first-order chi connectivity index (χ1) is 14.9. The summed E-state index contributed by atoms with van der Waals surface area (Å²) in [5, 5.41) is 12.6. The fourth-order valence-corrected chi connectivity index (χ4v) is 3.81. The zero-order chi connectivity index (χ0) is 22.4. The summed E-state index contributed by atoms with van der Waals surface area (Å²) in [5.74, 6) is 1.54. The Kier molecular flexibility index (Phi) is 7.76. The summed E-state index contributed by atoms with van der Waals surface area (Å²) in [6.45, 7) is 10.6. The lowest BCUT2D eigenvalue weighted by Gasteiger charge is -2.12. The van der Waals surface area contributed by atoms with Gasteiger partial charge in [-0.1, -0.05) is 47.6 Å². The lowest BCUT2D eigenvalue weighted by atomic mass is 10.1. The van der Waals surface area contributed by atoms with Gasteiger partial charge in [0.1, 0.15) is 12.4 Å². The van der Waals surface area contributed by atoms with Crippen LogP contribution in [0.4, 0.5) is 5.69 Å². The summed E-state index contributed by atoms with van der Waals surface area (Å²) in [5.41, 5.74) is 3.89. The van der Waals surface area contributed by atoms with Crippen molar-refractivity contribution in [3.8, 4) is 5.75 Å². The monoisotopic (exact) mass is 456 g/mol. The number of rotatable bonds is 9. The summed E-state index contributed by atoms with van der Waals surface area (Å²) in [7, 11) is 0. The Morgan fingerprint density at radius 1 is 1.23 bits per heavy atom. The molecule has 0 saturated carbocycles. The summed E-state index contributed by atoms with van der Waals surface area (Å²) in [6.07, 6.45) is 1.77. The van der Waals surface area contributed by atoms with Crippen LogP contribution in [0.3, 0.4) is 0 Å². The van der Waals surface area contributed by atoms with Gasteiger partial charge in [-0.15, -0.1) is 16.8 Å². The number of carbonyl (C=O) groups is 1. The molecule has 3 rings (SSSR count). The van der Waals surface area contributed by atoms with E-state index >= 15 is 0 Å². The van der Waals surface area contributed by atoms with E-state index in [-0.39, 0.29) is 18.3 Å². The van der Waals surface area contributed by atoms with E-state index in [2.05, 4.69) is 22.1 Å². The molecule has 162 valence electrons. The van der Waals surface area contributed by atoms with Gasteiger partial charge in [-0.05, 0) is 55.7 Å². The van der Waals surface area contributed by atoms with E-state index in [1.165, 1.54) is 17.3 Å². The van der Waals surface area contributed by atoms with Crippen molar-refractivity contribution < 1.29 is 9.53 Å². The molecule has 1 heterocycles. The van der Waals surface area contributed by atoms with Crippen molar-refractivity contribution in [2.75, 3.05) is 11.1 Å². The maximum atomic E-state index is 12.4. The Bertz CT molecular complexity index is 1100. The number of carbonyl (C=O) groups excluding carboxylic acids is 1. The third-order valence-electron chi connectivity index (χ3n) is 4.80. The van der Waals surface area contributed by atoms with E-state index in [4.69, 9.17) is 16.3 Å². The van der Waals surface area contributed by atoms with Crippen molar-refractivity contribution >= 4 is 35.0 Å². The molecule has 1 N–H and O–H groups in total. The minimum atomic E-state index is -0.147. The van der Waals surface area contributed by atoms with Crippen molar-refractivity contribution in [1.29, 1.82) is 0 Å². The molecule has 1 amide bonds. The van der Waals surface area contributed by atoms with Crippen LogP contribution in [0.5, 0.6) is 5.75 Å². The van der Waals surface area contributed by atoms with Gasteiger partial charge in [0.05, 0.1) is 5.75 Å². The molecule has 2 aromatic carbocycles. The molecule has 0 aliphatic heterocycles. The number of nitrogens with zero attached hydrogens (tertiary/aromatic N) is 3. The van der Waals surface area contributed by atoms with Gasteiger partial charge >= 0.3 is 0 Å². The smallest absolute Gasteiger partial charge is 0.234 e. The zero-order valence-corrected chi connectivity index (χ0v) is 19.4. The Balaban J connectivity index is 1.64. The van der Waals surface area contributed by atoms with Crippen LogP contribution in [0.2, 0.25) is 5.02 Å². The highest BCUT2D eigenvalue weighted by atomic mass is 35.5. The molecule has 6 nitrogen and oxygen atoms in total. The van der Waals surface area contributed by atoms with Gasteiger partial charge in [0.25, 0.3) is 0 Å². The van der Waals surface area contributed by atoms with Gasteiger partial charge in [-0.2, -0.15) is 0 Å². The summed E-state index contributed by atoms with van der Waals surface area (Å²) in [6, 6.07) is 11.4. The highest BCUT2D eigenvalue weighted by molar-refractivity contribution is 7.99. The second-order valence-electron chi connectivity index (χ2n) is 7.09. The molecule has 0 fully saturated rings. The molecule has 0 radical (unpaired) electrons. The molecular formula is C23H25ClN4O2S. The lowest BCUT2D eigenvalue weighted by Crippen LogP contribution is -2.15. The minimum Gasteiger partial charge on any atom is -0.485 e. The van der Waals surface area contributed by atoms with Gasteiger partial charge < -0.3 is 10.1 Å². The lowest BCUT2D eigenvalue weighted by molar-refractivity contribution is -0.113. The number of halogens is 1. The summed E-state index contributed by atoms with van der Waals surface area (Å²) in [4.78, 5) is 12.4. The topological polar surface area (TPSA) is 69.0 Å². The second-order valence-corrected chi connectivity index (χ2v) is 8.44. The zero-order valence-electron chi connectivity index (χ0n) is 17.8. The van der Waals surface area contributed by atoms with Crippen LogP contribution in [0, 0.1) is 20.8 Å². The Hall–Kier alpha value is -2.77. The predicted octanol–water partition coefficient (Wildman–Crippen LogP) is 5.35. The van der Waals surface area contributed by atoms with Gasteiger partial charge in [-0.25, -0.2) is 0 Å². The number of nitrogens with one attached hydrogen (secondary N) is 1. The number of aryl methyl sites for hydroxylation is 2. The SMILES string of the molecule is C=CCn1c(COc2cccc(C)c2C)nnc1SCC(=O)Nc1ccc(C)c(Cl)c1. The Morgan fingerprint density at radius 2 is 2.03 bits per heavy atom. The van der Waals surface area contributed by atoms with E-state index in [0.717, 1.165) is 16.9 Å². The van der Waals surface area contributed by atoms with Crippen LogP contribution in [-0.2, 0) is 17.9 Å². The van der Waals surface area contributed by atoms with Gasteiger partial charge in [0, 0.05) is 17.3 Å². The standard InChI is InChI=1S/C23H25ClN4O2S/c1-5-11-28-21(13-30-20-8-6-7-15(2)17(20)4)26-27-23(28)31-14-22(29)25-18-10-9-16(3)19(24)12-18/h5-10,12H,1,11,13-14H2,2-4H3,(H,25,29). The number of aromatic nitrogens is 3. The molecule has 8 heteroatoms. The van der Waals surface area contributed by atoms with Crippen molar-refractivity contribution in [2.24, 2.45) is 0 Å². The highest BCUT2D eigenvalue weighted by Gasteiger charge is 2.15. The Labute approximate surface area is 191 Å². The predicted molar refractivity (Wildman–Crippen MR) is 126 cm³/mol. The number of hydrogen-bond acceptors (Lipinski definition) is 5. The molecule has 0 spiro atoms. The fraction of sp³-hybridized carbons (Fsp3) is 0.261. The van der Waals surface area contributed by atoms with Crippen LogP contribution in [0.1, 0.15) is 22.5 Å². The maximum Gasteiger partial charge on any atom is 0.234 e. The van der Waals surface area contributed by atoms with Crippen molar-refractivity contribution in [3.63, 3.8) is 0 Å². The number of thioether (sulfide) groups is 1. The number of benzene rings is 2. The molecule has 0 bridgehead atoms. The average Bonchev–Trinajstić information content (AvgIpc) is 3.12. The van der Waals surface area contributed by atoms with Crippen LogP contribution < -0.4 is 10.1 Å². The third-order valence-corrected chi connectivity index (χ3v) is 6.18. The molecule has 31 heavy (non-hydrogen) atoms. The van der Waals surface area contributed by atoms with Crippen LogP contribution in [0.15, 0.2) is 54.2 Å². The molecule has 0 atom stereocenters. The number of allylic oxidation sites excluding steroid dienone is 1. The largest absolute Gasteiger partial charge is 0.485 e. The molecule has 1 aromatic heterocycles. The van der Waals surface area contributed by atoms with E-state index in [0.29, 0.717) is 28.2 Å². The molecule has 0 aliphatic carbocycles. The summed E-state index contributed by atoms with van der Waals surface area (Å²) < 4.78 is 7.87. The van der Waals surface area contributed by atoms with E-state index < -0.39 is 0 Å². The molecule has 0 aliphatic rings. The van der Waals surface area contributed by atoms with E-state index in [1.807, 2.05) is 55.7 Å². The van der Waals surface area contributed by atoms with Gasteiger partial charge in [0.15, 0.2) is 11.0 Å². The number of anilines is 1. The maximum absolute atomic E-state index is 12.4. The van der Waals surface area contributed by atoms with Gasteiger partial charge in [0.2, 0.25) is 5.91 Å². The average molecular weight is 457 g/mol. The summed E-state index contributed by atoms with van der Waals surface area (Å²) >= 11 is 7.43. The third kappa shape index (κ3) is 5.89. The molecular weight excluding hydrogens is 432 g/mol. The molecule has 0 unspecified atom stereocenters. The van der Waals surface area contributed by atoms with Crippen LogP contribution >= 0.6 is 23.4 Å². The second kappa shape index (κ2) is 10.5. The first-order valence-electron chi connectivity index (χ1n) is 9.80.